The Kier molecular flexibility index (Phi) is 7.72. The van der Waals surface area contributed by atoms with Gasteiger partial charge in [0.25, 0.3) is 11.8 Å². The normalized spacial score (nSPS) is 9.86. The van der Waals surface area contributed by atoms with Crippen LogP contribution in [0.25, 0.3) is 0 Å². The summed E-state index contributed by atoms with van der Waals surface area (Å²) in [4.78, 5) is 46.9. The second-order valence-corrected chi connectivity index (χ2v) is 5.85. The molecule has 0 atom stereocenters. The van der Waals surface area contributed by atoms with Crippen molar-refractivity contribution in [2.45, 2.75) is 6.92 Å². The third-order valence-electron chi connectivity index (χ3n) is 3.58. The molecule has 2 rings (SSSR count). The fourth-order valence-corrected chi connectivity index (χ4v) is 2.35. The molecule has 0 saturated heterocycles. The van der Waals surface area contributed by atoms with Crippen LogP contribution in [-0.4, -0.2) is 44.0 Å². The number of hydrogen-bond acceptors (Lipinski definition) is 6. The summed E-state index contributed by atoms with van der Waals surface area (Å²) in [5, 5.41) is 7.55. The molecule has 9 nitrogen and oxygen atoms in total. The fourth-order valence-electron chi connectivity index (χ4n) is 2.35. The SMILES string of the molecule is COc1ccccc1C(=O)NCC(=O)OCC(=O)Nc1cccc(NC(C)=O)c1. The van der Waals surface area contributed by atoms with Gasteiger partial charge in [-0.1, -0.05) is 18.2 Å². The number of hydrogen-bond donors (Lipinski definition) is 3. The highest BCUT2D eigenvalue weighted by molar-refractivity contribution is 5.99. The first-order valence-electron chi connectivity index (χ1n) is 8.63. The quantitative estimate of drug-likeness (QED) is 0.579. The molecule has 152 valence electrons. The monoisotopic (exact) mass is 399 g/mol. The third-order valence-corrected chi connectivity index (χ3v) is 3.58. The molecule has 0 aliphatic rings. The number of nitrogens with one attached hydrogen (secondary N) is 3. The summed E-state index contributed by atoms with van der Waals surface area (Å²) in [5.41, 5.74) is 1.23. The molecule has 0 radical (unpaired) electrons. The molecular weight excluding hydrogens is 378 g/mol. The van der Waals surface area contributed by atoms with Crippen LogP contribution in [0.1, 0.15) is 17.3 Å². The van der Waals surface area contributed by atoms with E-state index in [1.165, 1.54) is 14.0 Å². The molecule has 2 aromatic carbocycles. The predicted octanol–water partition coefficient (Wildman–Crippen LogP) is 1.57. The maximum atomic E-state index is 12.1. The minimum absolute atomic E-state index is 0.238. The van der Waals surface area contributed by atoms with Gasteiger partial charge in [-0.15, -0.1) is 0 Å². The van der Waals surface area contributed by atoms with Crippen LogP contribution in [0.3, 0.4) is 0 Å². The van der Waals surface area contributed by atoms with Crippen molar-refractivity contribution in [1.29, 1.82) is 0 Å². The molecule has 29 heavy (non-hydrogen) atoms. The van der Waals surface area contributed by atoms with Gasteiger partial charge in [0.1, 0.15) is 12.3 Å². The Morgan fingerprint density at radius 1 is 0.931 bits per heavy atom. The van der Waals surface area contributed by atoms with Gasteiger partial charge in [-0.05, 0) is 30.3 Å². The van der Waals surface area contributed by atoms with E-state index < -0.39 is 30.9 Å². The summed E-state index contributed by atoms with van der Waals surface area (Å²) in [6.45, 7) is 0.452. The molecule has 0 bridgehead atoms. The molecule has 0 aromatic heterocycles. The van der Waals surface area contributed by atoms with Crippen molar-refractivity contribution >= 4 is 35.1 Å². The van der Waals surface area contributed by atoms with Crippen molar-refractivity contribution < 1.29 is 28.7 Å². The lowest BCUT2D eigenvalue weighted by Crippen LogP contribution is -2.32. The molecule has 0 aliphatic heterocycles. The van der Waals surface area contributed by atoms with Crippen LogP contribution in [0.15, 0.2) is 48.5 Å². The first-order chi connectivity index (χ1) is 13.9. The number of methoxy groups -OCH3 is 1. The van der Waals surface area contributed by atoms with Crippen LogP contribution in [0.2, 0.25) is 0 Å². The minimum atomic E-state index is -0.768. The number of carbonyl (C=O) groups excluding carboxylic acids is 4. The van der Waals surface area contributed by atoms with Gasteiger partial charge < -0.3 is 25.4 Å². The summed E-state index contributed by atoms with van der Waals surface area (Å²) in [6.07, 6.45) is 0. The van der Waals surface area contributed by atoms with Crippen molar-refractivity contribution in [3.05, 3.63) is 54.1 Å². The number of benzene rings is 2. The first kappa shape index (κ1) is 21.4. The summed E-state index contributed by atoms with van der Waals surface area (Å²) in [6, 6.07) is 13.1. The van der Waals surface area contributed by atoms with Crippen molar-refractivity contribution in [3.63, 3.8) is 0 Å². The van der Waals surface area contributed by atoms with E-state index >= 15 is 0 Å². The molecule has 0 saturated carbocycles. The summed E-state index contributed by atoms with van der Waals surface area (Å²) < 4.78 is 9.93. The van der Waals surface area contributed by atoms with E-state index in [1.807, 2.05) is 0 Å². The van der Waals surface area contributed by atoms with E-state index in [1.54, 1.807) is 48.5 Å². The lowest BCUT2D eigenvalue weighted by atomic mass is 10.2. The van der Waals surface area contributed by atoms with E-state index in [9.17, 15) is 19.2 Å². The molecule has 9 heteroatoms. The Balaban J connectivity index is 1.78. The number of carbonyl (C=O) groups is 4. The van der Waals surface area contributed by atoms with E-state index in [2.05, 4.69) is 16.0 Å². The molecule has 0 spiro atoms. The van der Waals surface area contributed by atoms with Crippen molar-refractivity contribution in [2.75, 3.05) is 30.9 Å². The third kappa shape index (κ3) is 6.98. The van der Waals surface area contributed by atoms with Crippen molar-refractivity contribution in [3.8, 4) is 5.75 Å². The average molecular weight is 399 g/mol. The van der Waals surface area contributed by atoms with E-state index in [0.29, 0.717) is 17.1 Å². The summed E-state index contributed by atoms with van der Waals surface area (Å²) in [7, 11) is 1.44. The lowest BCUT2D eigenvalue weighted by molar-refractivity contribution is -0.146. The Bertz CT molecular complexity index is 913. The van der Waals surface area contributed by atoms with Gasteiger partial charge in [0.05, 0.1) is 12.7 Å². The van der Waals surface area contributed by atoms with Gasteiger partial charge in [-0.2, -0.15) is 0 Å². The zero-order valence-electron chi connectivity index (χ0n) is 16.0. The van der Waals surface area contributed by atoms with Crippen molar-refractivity contribution in [2.24, 2.45) is 0 Å². The van der Waals surface area contributed by atoms with Crippen LogP contribution in [0.4, 0.5) is 11.4 Å². The van der Waals surface area contributed by atoms with Crippen LogP contribution < -0.4 is 20.7 Å². The summed E-state index contributed by atoms with van der Waals surface area (Å²) in [5.74, 6) is -1.69. The van der Waals surface area contributed by atoms with Gasteiger partial charge in [0, 0.05) is 18.3 Å². The zero-order chi connectivity index (χ0) is 21.2. The van der Waals surface area contributed by atoms with Crippen LogP contribution in [0, 0.1) is 0 Å². The van der Waals surface area contributed by atoms with Crippen LogP contribution in [-0.2, 0) is 19.1 Å². The highest BCUT2D eigenvalue weighted by atomic mass is 16.5. The number of ether oxygens (including phenoxy) is 2. The number of rotatable bonds is 8. The smallest absolute Gasteiger partial charge is 0.325 e. The second kappa shape index (κ2) is 10.5. The van der Waals surface area contributed by atoms with E-state index in [0.717, 1.165) is 0 Å². The summed E-state index contributed by atoms with van der Waals surface area (Å²) >= 11 is 0. The van der Waals surface area contributed by atoms with Crippen LogP contribution >= 0.6 is 0 Å². The highest BCUT2D eigenvalue weighted by Gasteiger charge is 2.14. The second-order valence-electron chi connectivity index (χ2n) is 5.85. The Hall–Kier alpha value is -3.88. The molecule has 2 aromatic rings. The topological polar surface area (TPSA) is 123 Å². The molecule has 3 N–H and O–H groups in total. The lowest BCUT2D eigenvalue weighted by Gasteiger charge is -2.10. The number of esters is 1. The molecular formula is C20H21N3O6. The maximum absolute atomic E-state index is 12.1. The Labute approximate surface area is 167 Å². The molecule has 0 aliphatic carbocycles. The van der Waals surface area contributed by atoms with Gasteiger partial charge in [0.15, 0.2) is 6.61 Å². The molecule has 0 fully saturated rings. The standard InChI is InChI=1S/C20H21N3O6/c1-13(24)22-14-6-5-7-15(10-14)23-18(25)12-29-19(26)11-21-20(27)16-8-3-4-9-17(16)28-2/h3-10H,11-12H2,1-2H3,(H,21,27)(H,22,24)(H,23,25). The zero-order valence-corrected chi connectivity index (χ0v) is 16.0. The van der Waals surface area contributed by atoms with Gasteiger partial charge in [-0.25, -0.2) is 0 Å². The number of anilines is 2. The van der Waals surface area contributed by atoms with Gasteiger partial charge in [-0.3, -0.25) is 19.2 Å². The molecule has 0 heterocycles. The molecule has 3 amide bonds. The first-order valence-corrected chi connectivity index (χ1v) is 8.63. The van der Waals surface area contributed by atoms with E-state index in [-0.39, 0.29) is 11.5 Å². The largest absolute Gasteiger partial charge is 0.496 e. The van der Waals surface area contributed by atoms with Gasteiger partial charge in [0.2, 0.25) is 5.91 Å². The maximum Gasteiger partial charge on any atom is 0.325 e. The minimum Gasteiger partial charge on any atom is -0.496 e. The predicted molar refractivity (Wildman–Crippen MR) is 106 cm³/mol. The van der Waals surface area contributed by atoms with E-state index in [4.69, 9.17) is 9.47 Å². The molecule has 0 unspecified atom stereocenters. The average Bonchev–Trinajstić information content (AvgIpc) is 2.70. The number of amides is 3. The van der Waals surface area contributed by atoms with Crippen molar-refractivity contribution in [1.82, 2.24) is 5.32 Å². The van der Waals surface area contributed by atoms with Gasteiger partial charge >= 0.3 is 5.97 Å². The fraction of sp³-hybridized carbons (Fsp3) is 0.200. The Morgan fingerprint density at radius 3 is 2.31 bits per heavy atom. The number of para-hydroxylation sites is 1. The Morgan fingerprint density at radius 2 is 1.62 bits per heavy atom. The van der Waals surface area contributed by atoms with Crippen LogP contribution in [0.5, 0.6) is 5.75 Å². The highest BCUT2D eigenvalue weighted by Crippen LogP contribution is 2.17.